The summed E-state index contributed by atoms with van der Waals surface area (Å²) < 4.78 is 0. The molecule has 0 spiro atoms. The molecule has 2 heteroatoms. The van der Waals surface area contributed by atoms with Crippen LogP contribution in [0.4, 0.5) is 0 Å². The molecule has 88 valence electrons. The molecule has 1 aliphatic carbocycles. The van der Waals surface area contributed by atoms with E-state index >= 15 is 0 Å². The highest BCUT2D eigenvalue weighted by Crippen LogP contribution is 2.31. The molecule has 0 unspecified atom stereocenters. The van der Waals surface area contributed by atoms with Crippen LogP contribution in [0, 0.1) is 0 Å². The molecule has 1 heterocycles. The van der Waals surface area contributed by atoms with Crippen LogP contribution in [0.15, 0.2) is 29.6 Å². The van der Waals surface area contributed by atoms with Gasteiger partial charge in [-0.2, -0.15) is 0 Å². The highest BCUT2D eigenvalue weighted by molar-refractivity contribution is 7.13. The lowest BCUT2D eigenvalue weighted by molar-refractivity contribution is 0.686. The van der Waals surface area contributed by atoms with Gasteiger partial charge in [0.05, 0.1) is 0 Å². The number of hydrogen-bond acceptors (Lipinski definition) is 2. The molecular formula is C15H17NS. The fourth-order valence-electron chi connectivity index (χ4n) is 2.52. The molecule has 0 saturated carbocycles. The minimum atomic E-state index is 0.640. The summed E-state index contributed by atoms with van der Waals surface area (Å²) in [6.07, 6.45) is 5.20. The van der Waals surface area contributed by atoms with E-state index in [0.29, 0.717) is 6.54 Å². The molecule has 0 bridgehead atoms. The van der Waals surface area contributed by atoms with Crippen LogP contribution in [0.25, 0.3) is 10.4 Å². The summed E-state index contributed by atoms with van der Waals surface area (Å²) in [6.45, 7) is 0.640. The third kappa shape index (κ3) is 2.15. The summed E-state index contributed by atoms with van der Waals surface area (Å²) in [6, 6.07) is 9.16. The number of fused-ring (bicyclic) bond motifs is 1. The largest absolute Gasteiger partial charge is 0.326 e. The van der Waals surface area contributed by atoms with Crippen molar-refractivity contribution >= 4 is 11.3 Å². The quantitative estimate of drug-likeness (QED) is 0.854. The first-order valence-corrected chi connectivity index (χ1v) is 7.14. The van der Waals surface area contributed by atoms with Gasteiger partial charge in [-0.15, -0.1) is 11.3 Å². The number of hydrogen-bond donors (Lipinski definition) is 1. The van der Waals surface area contributed by atoms with Gasteiger partial charge in [0.1, 0.15) is 0 Å². The van der Waals surface area contributed by atoms with Crippen molar-refractivity contribution < 1.29 is 0 Å². The van der Waals surface area contributed by atoms with Crippen molar-refractivity contribution in [3.63, 3.8) is 0 Å². The number of aryl methyl sites for hydroxylation is 2. The van der Waals surface area contributed by atoms with Gasteiger partial charge in [-0.3, -0.25) is 0 Å². The zero-order valence-corrected chi connectivity index (χ0v) is 10.7. The van der Waals surface area contributed by atoms with Crippen LogP contribution in [0.3, 0.4) is 0 Å². The third-order valence-electron chi connectivity index (χ3n) is 3.52. The number of benzene rings is 1. The molecule has 1 nitrogen and oxygen atoms in total. The molecule has 0 aliphatic heterocycles. The average Bonchev–Trinajstić information content (AvgIpc) is 2.87. The van der Waals surface area contributed by atoms with Crippen LogP contribution in [0.1, 0.15) is 29.5 Å². The Labute approximate surface area is 106 Å². The van der Waals surface area contributed by atoms with Crippen molar-refractivity contribution in [2.45, 2.75) is 32.2 Å². The summed E-state index contributed by atoms with van der Waals surface area (Å²) in [4.78, 5) is 1.35. The Hall–Kier alpha value is -1.12. The highest BCUT2D eigenvalue weighted by atomic mass is 32.1. The Morgan fingerprint density at radius 2 is 1.88 bits per heavy atom. The van der Waals surface area contributed by atoms with Crippen LogP contribution in [-0.4, -0.2) is 0 Å². The van der Waals surface area contributed by atoms with E-state index in [0.717, 1.165) is 0 Å². The fourth-order valence-corrected chi connectivity index (χ4v) is 3.45. The Kier molecular flexibility index (Phi) is 3.00. The molecule has 0 atom stereocenters. The van der Waals surface area contributed by atoms with E-state index in [-0.39, 0.29) is 0 Å². The van der Waals surface area contributed by atoms with E-state index in [9.17, 15) is 0 Å². The summed E-state index contributed by atoms with van der Waals surface area (Å²) in [7, 11) is 0. The molecule has 1 aromatic carbocycles. The van der Waals surface area contributed by atoms with E-state index in [2.05, 4.69) is 29.6 Å². The lowest BCUT2D eigenvalue weighted by atomic mass is 9.90. The molecule has 0 fully saturated rings. The maximum atomic E-state index is 5.66. The molecule has 3 rings (SSSR count). The van der Waals surface area contributed by atoms with Crippen LogP contribution in [-0.2, 0) is 19.4 Å². The van der Waals surface area contributed by atoms with Crippen molar-refractivity contribution in [1.29, 1.82) is 0 Å². The van der Waals surface area contributed by atoms with E-state index in [1.807, 2.05) is 0 Å². The van der Waals surface area contributed by atoms with Crippen molar-refractivity contribution in [1.82, 2.24) is 0 Å². The van der Waals surface area contributed by atoms with E-state index in [1.165, 1.54) is 41.7 Å². The molecule has 1 aromatic heterocycles. The summed E-state index contributed by atoms with van der Waals surface area (Å²) >= 11 is 1.80. The van der Waals surface area contributed by atoms with Crippen molar-refractivity contribution in [3.05, 3.63) is 46.3 Å². The second kappa shape index (κ2) is 4.63. The van der Waals surface area contributed by atoms with E-state index in [1.54, 1.807) is 22.5 Å². The molecule has 0 amide bonds. The minimum absolute atomic E-state index is 0.640. The van der Waals surface area contributed by atoms with Crippen LogP contribution < -0.4 is 5.73 Å². The monoisotopic (exact) mass is 243 g/mol. The van der Waals surface area contributed by atoms with Crippen molar-refractivity contribution in [2.24, 2.45) is 5.73 Å². The Morgan fingerprint density at radius 3 is 2.65 bits per heavy atom. The zero-order valence-electron chi connectivity index (χ0n) is 9.91. The Morgan fingerprint density at radius 1 is 1.06 bits per heavy atom. The number of rotatable bonds is 2. The first-order valence-electron chi connectivity index (χ1n) is 6.26. The van der Waals surface area contributed by atoms with Gasteiger partial charge in [0.2, 0.25) is 0 Å². The maximum Gasteiger partial charge on any atom is 0.0346 e. The summed E-state index contributed by atoms with van der Waals surface area (Å²) in [5, 5.41) is 2.16. The van der Waals surface area contributed by atoms with Gasteiger partial charge in [-0.25, -0.2) is 0 Å². The minimum Gasteiger partial charge on any atom is -0.326 e. The van der Waals surface area contributed by atoms with Gasteiger partial charge in [0, 0.05) is 11.4 Å². The molecule has 2 aromatic rings. The Bertz CT molecular complexity index is 527. The highest BCUT2D eigenvalue weighted by Gasteiger charge is 2.10. The smallest absolute Gasteiger partial charge is 0.0346 e. The molecule has 2 N–H and O–H groups in total. The molecule has 0 radical (unpaired) electrons. The predicted octanol–water partition coefficient (Wildman–Crippen LogP) is 3.75. The van der Waals surface area contributed by atoms with Gasteiger partial charge >= 0.3 is 0 Å². The van der Waals surface area contributed by atoms with E-state index < -0.39 is 0 Å². The maximum absolute atomic E-state index is 5.66. The van der Waals surface area contributed by atoms with Crippen LogP contribution >= 0.6 is 11.3 Å². The second-order valence-electron chi connectivity index (χ2n) is 4.71. The van der Waals surface area contributed by atoms with Gasteiger partial charge < -0.3 is 5.73 Å². The summed E-state index contributed by atoms with van der Waals surface area (Å²) in [5.74, 6) is 0. The molecule has 1 aliphatic rings. The molecular weight excluding hydrogens is 226 g/mol. The predicted molar refractivity (Wildman–Crippen MR) is 74.3 cm³/mol. The van der Waals surface area contributed by atoms with E-state index in [4.69, 9.17) is 5.73 Å². The normalized spacial score (nSPS) is 14.6. The first kappa shape index (κ1) is 11.0. The fraction of sp³-hybridized carbons (Fsp3) is 0.333. The SMILES string of the molecule is NCc1csc(-c2ccc3c(c2)CCCC3)c1. The first-order chi connectivity index (χ1) is 8.36. The summed E-state index contributed by atoms with van der Waals surface area (Å²) in [5.41, 5.74) is 11.4. The average molecular weight is 243 g/mol. The van der Waals surface area contributed by atoms with Crippen LogP contribution in [0.5, 0.6) is 0 Å². The Balaban J connectivity index is 1.97. The standard InChI is InChI=1S/C15H17NS/c16-9-11-7-15(17-10-11)14-6-5-12-3-1-2-4-13(12)8-14/h5-8,10H,1-4,9,16H2. The lowest BCUT2D eigenvalue weighted by Crippen LogP contribution is -2.01. The van der Waals surface area contributed by atoms with Gasteiger partial charge in [-0.1, -0.05) is 18.2 Å². The second-order valence-corrected chi connectivity index (χ2v) is 5.63. The van der Waals surface area contributed by atoms with Gasteiger partial charge in [0.15, 0.2) is 0 Å². The van der Waals surface area contributed by atoms with Crippen LogP contribution in [0.2, 0.25) is 0 Å². The van der Waals surface area contributed by atoms with Crippen molar-refractivity contribution in [2.75, 3.05) is 0 Å². The van der Waals surface area contributed by atoms with Gasteiger partial charge in [0.25, 0.3) is 0 Å². The topological polar surface area (TPSA) is 26.0 Å². The molecule has 0 saturated heterocycles. The number of thiophene rings is 1. The van der Waals surface area contributed by atoms with Gasteiger partial charge in [-0.05, 0) is 59.4 Å². The van der Waals surface area contributed by atoms with Crippen molar-refractivity contribution in [3.8, 4) is 10.4 Å². The number of nitrogens with two attached hydrogens (primary N) is 1. The lowest BCUT2D eigenvalue weighted by Gasteiger charge is -2.16. The molecule has 17 heavy (non-hydrogen) atoms. The third-order valence-corrected chi connectivity index (χ3v) is 4.55. The zero-order chi connectivity index (χ0) is 11.7.